The van der Waals surface area contributed by atoms with Crippen LogP contribution in [0, 0.1) is 80.9 Å². The van der Waals surface area contributed by atoms with Crippen LogP contribution in [-0.2, 0) is 55.0 Å². The van der Waals surface area contributed by atoms with Crippen LogP contribution in [0.25, 0.3) is 22.3 Å². The van der Waals surface area contributed by atoms with Crippen LogP contribution < -0.4 is 29.8 Å². The molecule has 0 aliphatic carbocycles. The number of hydrogen-bond donors (Lipinski definition) is 0. The van der Waals surface area contributed by atoms with Crippen LogP contribution in [0.3, 0.4) is 0 Å². The Bertz CT molecular complexity index is 2780. The maximum absolute atomic E-state index is 4.69. The Kier molecular flexibility index (Phi) is 18.5. The molecule has 12 heteroatoms. The molecular weight excluding hydrogens is 1250 g/mol. The van der Waals surface area contributed by atoms with Gasteiger partial charge in [-0.1, -0.05) is 108 Å². The van der Waals surface area contributed by atoms with E-state index in [1.807, 2.05) is 38.4 Å². The summed E-state index contributed by atoms with van der Waals surface area (Å²) in [5, 5.41) is 16.6. The van der Waals surface area contributed by atoms with Crippen molar-refractivity contribution >= 4 is 34.4 Å². The van der Waals surface area contributed by atoms with E-state index in [-0.39, 0.29) is 42.1 Å². The van der Waals surface area contributed by atoms with E-state index >= 15 is 0 Å². The number of pyridine rings is 2. The molecule has 0 fully saturated rings. The van der Waals surface area contributed by atoms with E-state index in [1.165, 1.54) is 55.6 Å². The second-order valence-electron chi connectivity index (χ2n) is 19.1. The standard InChI is InChI=1S/2C30H32N5.2Pt/c2*1-21-17-22(2)29(23(3)18-21)25-11-13-27(14-12-25)35-20-34(28-10-8-15-31-30(28)35)16-7-5-6-9-26-19-24(4)32-33-26;;/h2*8,10-13,15,17-20H,5-7,9,16H2,1-4H3;;/q2*-3;;. The maximum atomic E-state index is 4.69. The van der Waals surface area contributed by atoms with Crippen LogP contribution in [-0.4, -0.2) is 33.3 Å². The van der Waals surface area contributed by atoms with Crippen molar-refractivity contribution in [2.24, 2.45) is 0 Å². The van der Waals surface area contributed by atoms with E-state index in [2.05, 4.69) is 192 Å². The van der Waals surface area contributed by atoms with Crippen molar-refractivity contribution in [2.75, 3.05) is 32.7 Å². The molecule has 4 aromatic heterocycles. The van der Waals surface area contributed by atoms with Crippen molar-refractivity contribution in [2.45, 2.75) is 107 Å². The van der Waals surface area contributed by atoms with Gasteiger partial charge in [-0.15, -0.1) is 46.0 Å². The largest absolute Gasteiger partial charge is 0.579 e. The van der Waals surface area contributed by atoms with Crippen molar-refractivity contribution in [1.29, 1.82) is 0 Å². The quantitative estimate of drug-likeness (QED) is 0.0688. The first kappa shape index (κ1) is 54.0. The van der Waals surface area contributed by atoms with E-state index in [0.29, 0.717) is 0 Å². The van der Waals surface area contributed by atoms with Crippen LogP contribution in [0.5, 0.6) is 0 Å². The van der Waals surface area contributed by atoms with Gasteiger partial charge in [0.15, 0.2) is 0 Å². The molecule has 10 rings (SSSR count). The second kappa shape index (κ2) is 24.7. The average Bonchev–Trinajstić information content (AvgIpc) is 4.14. The molecule has 4 aromatic carbocycles. The molecule has 0 atom stereocenters. The third kappa shape index (κ3) is 12.7. The van der Waals surface area contributed by atoms with Crippen molar-refractivity contribution in [1.82, 2.24) is 30.4 Å². The van der Waals surface area contributed by atoms with Gasteiger partial charge in [0.05, 0.1) is 0 Å². The van der Waals surface area contributed by atoms with Gasteiger partial charge < -0.3 is 40.0 Å². The first-order valence-corrected chi connectivity index (χ1v) is 24.8. The number of rotatable bonds is 16. The van der Waals surface area contributed by atoms with Crippen molar-refractivity contribution < 1.29 is 42.1 Å². The van der Waals surface area contributed by atoms with E-state index in [1.54, 1.807) is 0 Å². The van der Waals surface area contributed by atoms with Gasteiger partial charge in [-0.05, 0) is 117 Å². The summed E-state index contributed by atoms with van der Waals surface area (Å²) in [4.78, 5) is 18.3. The van der Waals surface area contributed by atoms with Gasteiger partial charge in [0.1, 0.15) is 11.6 Å². The molecule has 0 spiro atoms. The van der Waals surface area contributed by atoms with Crippen LogP contribution in [0.1, 0.15) is 94.7 Å². The smallest absolute Gasteiger partial charge is 0.124 e. The Labute approximate surface area is 456 Å². The second-order valence-corrected chi connectivity index (χ2v) is 19.1. The van der Waals surface area contributed by atoms with Crippen LogP contribution in [0.15, 0.2) is 109 Å². The average molecular weight is 1320 g/mol. The third-order valence-electron chi connectivity index (χ3n) is 13.2. The van der Waals surface area contributed by atoms with E-state index in [9.17, 15) is 0 Å². The van der Waals surface area contributed by atoms with E-state index in [4.69, 9.17) is 9.97 Å². The monoisotopic (exact) mass is 1310 g/mol. The molecule has 0 saturated carbocycles. The summed E-state index contributed by atoms with van der Waals surface area (Å²) >= 11 is 0. The van der Waals surface area contributed by atoms with Crippen LogP contribution in [0.2, 0.25) is 0 Å². The molecule has 0 radical (unpaired) electrons. The molecule has 0 amide bonds. The molecule has 10 nitrogen and oxygen atoms in total. The number of fused-ring (bicyclic) bond motifs is 2. The number of nitrogens with zero attached hydrogens (tertiary/aromatic N) is 10. The van der Waals surface area contributed by atoms with Crippen LogP contribution >= 0.6 is 0 Å². The summed E-state index contributed by atoms with van der Waals surface area (Å²) in [6, 6.07) is 41.4. The number of aromatic nitrogens is 6. The van der Waals surface area contributed by atoms with Gasteiger partial charge in [-0.2, -0.15) is 49.7 Å². The first-order valence-electron chi connectivity index (χ1n) is 24.8. The topological polar surface area (TPSA) is 92.7 Å². The maximum Gasteiger partial charge on any atom is 0.124 e. The zero-order valence-electron chi connectivity index (χ0n) is 42.7. The summed E-state index contributed by atoms with van der Waals surface area (Å²) in [6.07, 6.45) is 12.5. The molecule has 0 unspecified atom stereocenters. The number of anilines is 6. The summed E-state index contributed by atoms with van der Waals surface area (Å²) in [5.74, 6) is 1.92. The molecular formula is C60H64N10Pt2-6. The normalized spacial score (nSPS) is 12.6. The fourth-order valence-corrected chi connectivity index (χ4v) is 10.2. The third-order valence-corrected chi connectivity index (χ3v) is 13.2. The van der Waals surface area contributed by atoms with Crippen LogP contribution in [0.4, 0.5) is 34.4 Å². The zero-order chi connectivity index (χ0) is 48.7. The van der Waals surface area contributed by atoms with Gasteiger partial charge in [-0.25, -0.2) is 9.97 Å². The molecule has 2 aliphatic heterocycles. The summed E-state index contributed by atoms with van der Waals surface area (Å²) in [5.41, 5.74) is 21.3. The Morgan fingerprint density at radius 3 is 1.24 bits per heavy atom. The summed E-state index contributed by atoms with van der Waals surface area (Å²) < 4.78 is 0. The number of hydrogen-bond acceptors (Lipinski definition) is 8. The van der Waals surface area contributed by atoms with Gasteiger partial charge in [0, 0.05) is 77.3 Å². The van der Waals surface area contributed by atoms with Gasteiger partial charge in [-0.3, -0.25) is 0 Å². The Hall–Kier alpha value is -5.82. The molecule has 0 saturated heterocycles. The number of benzene rings is 4. The fourth-order valence-electron chi connectivity index (χ4n) is 10.2. The molecule has 380 valence electrons. The predicted octanol–water partition coefficient (Wildman–Crippen LogP) is 13.2. The summed E-state index contributed by atoms with van der Waals surface area (Å²) in [7, 11) is 0. The zero-order valence-corrected chi connectivity index (χ0v) is 47.3. The minimum absolute atomic E-state index is 0. The minimum atomic E-state index is 0. The fraction of sp³-hybridized carbons (Fsp3) is 0.300. The molecule has 2 aliphatic rings. The molecule has 6 heterocycles. The van der Waals surface area contributed by atoms with Crippen molar-refractivity contribution in [3.63, 3.8) is 0 Å². The molecule has 0 N–H and O–H groups in total. The minimum Gasteiger partial charge on any atom is -0.579 e. The van der Waals surface area contributed by atoms with Gasteiger partial charge >= 0.3 is 0 Å². The Morgan fingerprint density at radius 1 is 0.486 bits per heavy atom. The first-order chi connectivity index (χ1) is 34.0. The Morgan fingerprint density at radius 2 is 0.889 bits per heavy atom. The van der Waals surface area contributed by atoms with Crippen molar-refractivity contribution in [3.8, 4) is 22.3 Å². The van der Waals surface area contributed by atoms with Crippen molar-refractivity contribution in [3.05, 3.63) is 191 Å². The van der Waals surface area contributed by atoms with Gasteiger partial charge in [0.25, 0.3) is 0 Å². The summed E-state index contributed by atoms with van der Waals surface area (Å²) in [6.45, 7) is 23.3. The molecule has 72 heavy (non-hydrogen) atoms. The number of aryl methyl sites for hydroxylation is 10. The predicted molar refractivity (Wildman–Crippen MR) is 286 cm³/mol. The van der Waals surface area contributed by atoms with E-state index in [0.717, 1.165) is 122 Å². The van der Waals surface area contributed by atoms with E-state index < -0.39 is 0 Å². The SMILES string of the molecule is Cc1cc(C)c(-c2c[c-]c(N3[CH-]N(CCCCCc4cc(C)[n-]n4)c4cccnc43)cc2)c(C)c1.Cc1cc(C)c(-c2c[c-]c(N3[CH-]N(CCCCCc4cc(C)[n-]n4)c4cccnc43)cc2)c(C)c1.[Pt].[Pt]. The number of unbranched alkanes of at least 4 members (excludes halogenated alkanes) is 4. The van der Waals surface area contributed by atoms with Gasteiger partial charge in [0.2, 0.25) is 0 Å². The molecule has 0 bridgehead atoms. The Balaban J connectivity index is 0.000000206. The molecule has 8 aromatic rings.